The minimum atomic E-state index is -0.315. The minimum Gasteiger partial charge on any atom is -0.329 e. The van der Waals surface area contributed by atoms with E-state index in [-0.39, 0.29) is 24.3 Å². The summed E-state index contributed by atoms with van der Waals surface area (Å²) in [5.41, 5.74) is 2.42. The van der Waals surface area contributed by atoms with Gasteiger partial charge in [0.05, 0.1) is 5.69 Å². The van der Waals surface area contributed by atoms with Gasteiger partial charge in [-0.25, -0.2) is 4.98 Å². The van der Waals surface area contributed by atoms with E-state index in [1.54, 1.807) is 22.8 Å². The first-order chi connectivity index (χ1) is 15.0. The summed E-state index contributed by atoms with van der Waals surface area (Å²) in [5.74, 6) is 0.0805. The molecule has 1 aliphatic carbocycles. The molecule has 1 aromatic heterocycles. The van der Waals surface area contributed by atoms with Gasteiger partial charge in [-0.1, -0.05) is 54.1 Å². The zero-order valence-corrected chi connectivity index (χ0v) is 17.8. The Kier molecular flexibility index (Phi) is 6.18. The number of nitrogens with zero attached hydrogens (tertiary/aromatic N) is 3. The Morgan fingerprint density at radius 2 is 1.97 bits per heavy atom. The van der Waals surface area contributed by atoms with Gasteiger partial charge >= 0.3 is 0 Å². The van der Waals surface area contributed by atoms with Gasteiger partial charge in [-0.05, 0) is 31.0 Å². The third-order valence-electron chi connectivity index (χ3n) is 5.04. The van der Waals surface area contributed by atoms with Gasteiger partial charge in [-0.3, -0.25) is 19.5 Å². The minimum absolute atomic E-state index is 0.00166. The molecule has 3 aromatic rings. The Hall–Kier alpha value is -3.38. The topological polar surface area (TPSA) is 67.2 Å². The molecule has 2 aromatic carbocycles. The van der Waals surface area contributed by atoms with Crippen LogP contribution >= 0.6 is 11.6 Å². The molecule has 31 heavy (non-hydrogen) atoms. The molecule has 2 amide bonds. The van der Waals surface area contributed by atoms with E-state index >= 15 is 0 Å². The number of amides is 2. The van der Waals surface area contributed by atoms with Gasteiger partial charge in [0.15, 0.2) is 0 Å². The van der Waals surface area contributed by atoms with Gasteiger partial charge in [-0.15, -0.1) is 6.58 Å². The lowest BCUT2D eigenvalue weighted by atomic mass is 10.2. The number of carbonyl (C=O) groups excluding carboxylic acids is 2. The maximum absolute atomic E-state index is 12.8. The van der Waals surface area contributed by atoms with Crippen LogP contribution < -0.4 is 5.32 Å². The molecule has 0 unspecified atom stereocenters. The molecule has 1 fully saturated rings. The average molecular weight is 435 g/mol. The van der Waals surface area contributed by atoms with E-state index in [1.165, 1.54) is 4.90 Å². The highest BCUT2D eigenvalue weighted by atomic mass is 35.5. The molecule has 0 spiro atoms. The molecule has 0 radical (unpaired) electrons. The lowest BCUT2D eigenvalue weighted by molar-refractivity contribution is -0.135. The Morgan fingerprint density at radius 1 is 1.19 bits per heavy atom. The van der Waals surface area contributed by atoms with Crippen molar-refractivity contribution >= 4 is 29.4 Å². The number of nitrogens with one attached hydrogen (secondary N) is 1. The van der Waals surface area contributed by atoms with E-state index in [0.717, 1.165) is 24.1 Å². The first-order valence-electron chi connectivity index (χ1n) is 10.2. The summed E-state index contributed by atoms with van der Waals surface area (Å²) in [5, 5.41) is 3.44. The zero-order chi connectivity index (χ0) is 21.8. The zero-order valence-electron chi connectivity index (χ0n) is 17.0. The summed E-state index contributed by atoms with van der Waals surface area (Å²) in [6.07, 6.45) is 5.25. The maximum Gasteiger partial charge on any atom is 0.246 e. The van der Waals surface area contributed by atoms with E-state index in [4.69, 9.17) is 11.6 Å². The fourth-order valence-electron chi connectivity index (χ4n) is 3.35. The fourth-order valence-corrected chi connectivity index (χ4v) is 3.54. The first-order valence-corrected chi connectivity index (χ1v) is 10.5. The van der Waals surface area contributed by atoms with Gasteiger partial charge in [0.1, 0.15) is 6.54 Å². The number of hydrogen-bond acceptors (Lipinski definition) is 3. The van der Waals surface area contributed by atoms with E-state index in [9.17, 15) is 9.59 Å². The summed E-state index contributed by atoms with van der Waals surface area (Å²) in [6.45, 7) is 3.98. The van der Waals surface area contributed by atoms with Crippen molar-refractivity contribution in [3.05, 3.63) is 78.5 Å². The molecule has 0 aliphatic heterocycles. The van der Waals surface area contributed by atoms with E-state index in [2.05, 4.69) is 16.9 Å². The molecule has 1 aliphatic rings. The monoisotopic (exact) mass is 434 g/mol. The van der Waals surface area contributed by atoms with Crippen LogP contribution in [0.5, 0.6) is 0 Å². The number of carbonyl (C=O) groups is 2. The lowest BCUT2D eigenvalue weighted by Crippen LogP contribution is -2.39. The molecule has 6 nitrogen and oxygen atoms in total. The average Bonchev–Trinajstić information content (AvgIpc) is 3.54. The summed E-state index contributed by atoms with van der Waals surface area (Å²) in [7, 11) is 0. The summed E-state index contributed by atoms with van der Waals surface area (Å²) >= 11 is 6.18. The third-order valence-corrected chi connectivity index (χ3v) is 5.27. The van der Waals surface area contributed by atoms with Crippen LogP contribution in [0.1, 0.15) is 12.8 Å². The maximum atomic E-state index is 12.8. The van der Waals surface area contributed by atoms with Crippen LogP contribution in [0.4, 0.5) is 5.95 Å². The Morgan fingerprint density at radius 3 is 2.65 bits per heavy atom. The van der Waals surface area contributed by atoms with Crippen LogP contribution in [-0.4, -0.2) is 39.4 Å². The number of rotatable bonds is 8. The van der Waals surface area contributed by atoms with Gasteiger partial charge in [0, 0.05) is 34.9 Å². The second-order valence-corrected chi connectivity index (χ2v) is 7.93. The molecule has 0 saturated heterocycles. The molecule has 7 heteroatoms. The van der Waals surface area contributed by atoms with Crippen LogP contribution in [0, 0.1) is 5.92 Å². The van der Waals surface area contributed by atoms with Crippen molar-refractivity contribution in [3.63, 3.8) is 0 Å². The Labute approximate surface area is 186 Å². The first kappa shape index (κ1) is 20.9. The molecule has 4 rings (SSSR count). The second-order valence-electron chi connectivity index (χ2n) is 7.50. The van der Waals surface area contributed by atoms with Crippen LogP contribution in [0.2, 0.25) is 5.02 Å². The summed E-state index contributed by atoms with van der Waals surface area (Å²) < 4.78 is 1.78. The van der Waals surface area contributed by atoms with Crippen LogP contribution in [0.3, 0.4) is 0 Å². The highest BCUT2D eigenvalue weighted by Gasteiger charge is 2.33. The molecule has 1 saturated carbocycles. The molecule has 1 N–H and O–H groups in total. The van der Waals surface area contributed by atoms with E-state index in [1.807, 2.05) is 48.7 Å². The summed E-state index contributed by atoms with van der Waals surface area (Å²) in [6, 6.07) is 17.0. The standard InChI is InChI=1S/C24H23ClN4O2/c1-2-13-28(23(31)18-11-12-18)16-22(30)27-24-26-21(17-7-4-3-5-8-17)15-29(24)20-10-6-9-19(25)14-20/h2-10,14-15,18H,1,11-13,16H2,(H,26,27,30). The van der Waals surface area contributed by atoms with Crippen molar-refractivity contribution in [2.75, 3.05) is 18.4 Å². The summed E-state index contributed by atoms with van der Waals surface area (Å²) in [4.78, 5) is 31.5. The molecular weight excluding hydrogens is 412 g/mol. The molecule has 1 heterocycles. The van der Waals surface area contributed by atoms with Gasteiger partial charge in [-0.2, -0.15) is 0 Å². The van der Waals surface area contributed by atoms with Crippen molar-refractivity contribution in [3.8, 4) is 16.9 Å². The number of aromatic nitrogens is 2. The van der Waals surface area contributed by atoms with Gasteiger partial charge < -0.3 is 4.90 Å². The SMILES string of the molecule is C=CCN(CC(=O)Nc1nc(-c2ccccc2)cn1-c1cccc(Cl)c1)C(=O)C1CC1. The van der Waals surface area contributed by atoms with E-state index < -0.39 is 0 Å². The van der Waals surface area contributed by atoms with Gasteiger partial charge in [0.25, 0.3) is 0 Å². The third kappa shape index (κ3) is 5.03. The van der Waals surface area contributed by atoms with Gasteiger partial charge in [0.2, 0.25) is 17.8 Å². The lowest BCUT2D eigenvalue weighted by Gasteiger charge is -2.20. The molecule has 158 valence electrons. The number of imidazole rings is 1. The number of anilines is 1. The number of benzene rings is 2. The predicted octanol–water partition coefficient (Wildman–Crippen LogP) is 4.56. The highest BCUT2D eigenvalue weighted by molar-refractivity contribution is 6.30. The molecular formula is C24H23ClN4O2. The number of halogens is 1. The molecule has 0 atom stereocenters. The fraction of sp³-hybridized carbons (Fsp3) is 0.208. The largest absolute Gasteiger partial charge is 0.329 e. The second kappa shape index (κ2) is 9.18. The molecule has 0 bridgehead atoms. The highest BCUT2D eigenvalue weighted by Crippen LogP contribution is 2.31. The normalized spacial score (nSPS) is 12.9. The Balaban J connectivity index is 1.61. The van der Waals surface area contributed by atoms with Crippen molar-refractivity contribution in [2.45, 2.75) is 12.8 Å². The van der Waals surface area contributed by atoms with Crippen molar-refractivity contribution in [1.82, 2.24) is 14.5 Å². The van der Waals surface area contributed by atoms with E-state index in [0.29, 0.717) is 23.2 Å². The van der Waals surface area contributed by atoms with Crippen molar-refractivity contribution in [1.29, 1.82) is 0 Å². The van der Waals surface area contributed by atoms with Crippen LogP contribution in [-0.2, 0) is 9.59 Å². The van der Waals surface area contributed by atoms with Crippen LogP contribution in [0.25, 0.3) is 16.9 Å². The van der Waals surface area contributed by atoms with Crippen molar-refractivity contribution in [2.24, 2.45) is 5.92 Å². The predicted molar refractivity (Wildman–Crippen MR) is 122 cm³/mol. The Bertz CT molecular complexity index is 1110. The van der Waals surface area contributed by atoms with Crippen molar-refractivity contribution < 1.29 is 9.59 Å². The van der Waals surface area contributed by atoms with Crippen LogP contribution in [0.15, 0.2) is 73.4 Å². The quantitative estimate of drug-likeness (QED) is 0.528. The number of hydrogen-bond donors (Lipinski definition) is 1. The smallest absolute Gasteiger partial charge is 0.246 e.